The zero-order valence-electron chi connectivity index (χ0n) is 28.9. The van der Waals surface area contributed by atoms with E-state index in [1.807, 2.05) is 39.0 Å². The minimum Gasteiger partial charge on any atom is -0.506 e. The Hall–Kier alpha value is -2.76. The van der Waals surface area contributed by atoms with Gasteiger partial charge in [0.05, 0.1) is 14.9 Å². The number of piperazine rings is 1. The average molecular weight is 854 g/mol. The Kier molecular flexibility index (Phi) is 12.3. The summed E-state index contributed by atoms with van der Waals surface area (Å²) in [6, 6.07) is 11.7. The second kappa shape index (κ2) is 16.5. The maximum Gasteiger partial charge on any atom is 0.322 e. The molecule has 6 rings (SSSR count). The molecule has 0 aromatic heterocycles. The van der Waals surface area contributed by atoms with Gasteiger partial charge in [0, 0.05) is 90.1 Å². The molecule has 0 radical (unpaired) electrons. The van der Waals surface area contributed by atoms with E-state index < -0.39 is 16.1 Å². The van der Waals surface area contributed by atoms with Crippen molar-refractivity contribution >= 4 is 65.6 Å². The Morgan fingerprint density at radius 1 is 0.902 bits per heavy atom. The van der Waals surface area contributed by atoms with Crippen molar-refractivity contribution in [3.8, 4) is 5.75 Å². The number of benzene rings is 2. The Bertz CT molecular complexity index is 1680. The number of carbonyl (C=O) groups excluding carboxylic acids is 3. The Morgan fingerprint density at radius 3 is 2.16 bits per heavy atom. The highest BCUT2D eigenvalue weighted by atomic mass is 79.9. The molecule has 2 aromatic rings. The number of nitrogens with one attached hydrogen (secondary N) is 2. The molecule has 1 atom stereocenters. The van der Waals surface area contributed by atoms with Crippen molar-refractivity contribution in [3.05, 3.63) is 56.5 Å². The van der Waals surface area contributed by atoms with Crippen LogP contribution >= 0.6 is 31.9 Å². The highest BCUT2D eigenvalue weighted by Crippen LogP contribution is 2.35. The predicted molar refractivity (Wildman–Crippen MR) is 202 cm³/mol. The van der Waals surface area contributed by atoms with Crippen LogP contribution in [0.1, 0.15) is 43.2 Å². The highest BCUT2D eigenvalue weighted by Gasteiger charge is 2.36. The first kappa shape index (κ1) is 38.0. The van der Waals surface area contributed by atoms with E-state index >= 15 is 0 Å². The lowest BCUT2D eigenvalue weighted by atomic mass is 9.92. The molecule has 4 heterocycles. The third-order valence-electron chi connectivity index (χ3n) is 10.9. The van der Waals surface area contributed by atoms with Gasteiger partial charge in [0.2, 0.25) is 11.8 Å². The normalized spacial score (nSPS) is 20.8. The molecule has 3 N–H and O–H groups in total. The monoisotopic (exact) mass is 851 g/mol. The van der Waals surface area contributed by atoms with Crippen LogP contribution in [-0.2, 0) is 32.6 Å². The predicted octanol–water partition coefficient (Wildman–Crippen LogP) is 3.62. The summed E-state index contributed by atoms with van der Waals surface area (Å²) in [6.07, 6.45) is 4.10. The quantitative estimate of drug-likeness (QED) is 0.350. The number of piperidine rings is 2. The van der Waals surface area contributed by atoms with E-state index in [9.17, 15) is 27.9 Å². The van der Waals surface area contributed by atoms with Crippen molar-refractivity contribution in [2.24, 2.45) is 5.92 Å². The van der Waals surface area contributed by atoms with Crippen LogP contribution in [0.5, 0.6) is 5.75 Å². The molecule has 0 bridgehead atoms. The summed E-state index contributed by atoms with van der Waals surface area (Å²) in [5.74, 6) is -0.627. The number of nitrogens with zero attached hydrogens (tertiary/aromatic N) is 5. The zero-order valence-corrected chi connectivity index (χ0v) is 32.9. The van der Waals surface area contributed by atoms with E-state index in [1.165, 1.54) is 11.4 Å². The molecular formula is C35H47Br2N7O6S. The van der Waals surface area contributed by atoms with Crippen LogP contribution in [0.4, 0.5) is 10.5 Å². The van der Waals surface area contributed by atoms with Crippen molar-refractivity contribution in [2.75, 3.05) is 71.3 Å². The number of amides is 4. The smallest absolute Gasteiger partial charge is 0.322 e. The summed E-state index contributed by atoms with van der Waals surface area (Å²) in [7, 11) is -2.02. The summed E-state index contributed by atoms with van der Waals surface area (Å²) >= 11 is 6.81. The molecule has 0 unspecified atom stereocenters. The average Bonchev–Trinajstić information content (AvgIpc) is 3.31. The number of aromatic hydroxyl groups is 1. The molecule has 278 valence electrons. The van der Waals surface area contributed by atoms with Gasteiger partial charge in [-0.1, -0.05) is 18.2 Å². The summed E-state index contributed by atoms with van der Waals surface area (Å²) in [5.41, 5.74) is 2.80. The number of likely N-dealkylation sites (tertiary alicyclic amines) is 2. The van der Waals surface area contributed by atoms with Crippen LogP contribution in [0.15, 0.2) is 45.3 Å². The number of phenols is 1. The van der Waals surface area contributed by atoms with E-state index in [2.05, 4.69) is 46.8 Å². The molecule has 16 heteroatoms. The van der Waals surface area contributed by atoms with Crippen LogP contribution in [0.3, 0.4) is 0 Å². The number of hydrogen-bond donors (Lipinski definition) is 3. The molecule has 3 saturated heterocycles. The van der Waals surface area contributed by atoms with Gasteiger partial charge >= 0.3 is 6.03 Å². The lowest BCUT2D eigenvalue weighted by Gasteiger charge is -2.43. The number of urea groups is 1. The van der Waals surface area contributed by atoms with E-state index in [-0.39, 0.29) is 42.1 Å². The second-order valence-corrected chi connectivity index (χ2v) is 17.4. The number of fused-ring (bicyclic) bond motifs is 1. The molecule has 4 amide bonds. The van der Waals surface area contributed by atoms with Crippen LogP contribution in [-0.4, -0.2) is 133 Å². The van der Waals surface area contributed by atoms with E-state index in [4.69, 9.17) is 0 Å². The molecule has 3 fully saturated rings. The first-order valence-corrected chi connectivity index (χ1v) is 20.8. The number of halogens is 2. The SMILES string of the molecule is CNS(=O)(=O)N1CCN(C2CCN(C(=O)[C@H](CC(=O)N3CCC(N4CCc5ccccc5NC4=O)CC3)Cc3cc(Br)c(O)c(Br)c3)CC2)CC1. The lowest BCUT2D eigenvalue weighted by molar-refractivity contribution is -0.143. The topological polar surface area (TPSA) is 146 Å². The van der Waals surface area contributed by atoms with Crippen molar-refractivity contribution in [1.82, 2.24) is 28.6 Å². The van der Waals surface area contributed by atoms with Crippen LogP contribution in [0.2, 0.25) is 0 Å². The van der Waals surface area contributed by atoms with Gasteiger partial charge in [0.25, 0.3) is 10.2 Å². The number of anilines is 1. The van der Waals surface area contributed by atoms with Gasteiger partial charge in [-0.2, -0.15) is 12.7 Å². The van der Waals surface area contributed by atoms with Gasteiger partial charge < -0.3 is 25.1 Å². The molecule has 4 aliphatic heterocycles. The van der Waals surface area contributed by atoms with E-state index in [0.717, 1.165) is 36.1 Å². The van der Waals surface area contributed by atoms with Gasteiger partial charge in [-0.3, -0.25) is 14.5 Å². The largest absolute Gasteiger partial charge is 0.506 e. The summed E-state index contributed by atoms with van der Waals surface area (Å²) in [4.78, 5) is 49.1. The van der Waals surface area contributed by atoms with Crippen LogP contribution < -0.4 is 10.0 Å². The van der Waals surface area contributed by atoms with E-state index in [1.54, 1.807) is 12.1 Å². The number of phenolic OH excluding ortho intramolecular Hbond substituents is 1. The molecule has 0 saturated carbocycles. The van der Waals surface area contributed by atoms with Crippen molar-refractivity contribution in [2.45, 2.75) is 57.0 Å². The molecule has 0 aliphatic carbocycles. The van der Waals surface area contributed by atoms with Crippen molar-refractivity contribution in [1.29, 1.82) is 0 Å². The molecule has 2 aromatic carbocycles. The van der Waals surface area contributed by atoms with Gasteiger partial charge in [0.15, 0.2) is 0 Å². The summed E-state index contributed by atoms with van der Waals surface area (Å²) in [6.45, 7) is 4.96. The van der Waals surface area contributed by atoms with E-state index in [0.29, 0.717) is 87.1 Å². The number of hydrogen-bond acceptors (Lipinski definition) is 7. The Labute approximate surface area is 317 Å². The fraction of sp³-hybridized carbons (Fsp3) is 0.571. The molecular weight excluding hydrogens is 806 g/mol. The number of carbonyl (C=O) groups is 3. The third-order valence-corrected chi connectivity index (χ3v) is 13.7. The van der Waals surface area contributed by atoms with Crippen LogP contribution in [0.25, 0.3) is 0 Å². The van der Waals surface area contributed by atoms with Gasteiger partial charge in [-0.25, -0.2) is 9.52 Å². The summed E-state index contributed by atoms with van der Waals surface area (Å²) in [5, 5.41) is 13.3. The first-order valence-electron chi connectivity index (χ1n) is 17.7. The van der Waals surface area contributed by atoms with Gasteiger partial charge in [-0.15, -0.1) is 0 Å². The lowest BCUT2D eigenvalue weighted by Crippen LogP contribution is -2.56. The maximum absolute atomic E-state index is 14.2. The summed E-state index contributed by atoms with van der Waals surface area (Å²) < 4.78 is 29.3. The van der Waals surface area contributed by atoms with Crippen molar-refractivity contribution < 1.29 is 27.9 Å². The maximum atomic E-state index is 14.2. The molecule has 51 heavy (non-hydrogen) atoms. The zero-order chi connectivity index (χ0) is 36.3. The standard InChI is InChI=1S/C35H47Br2N7O6S/c1-38-51(49,50)43-18-16-40(17-19-43)27-7-13-42(14-8-27)34(47)26(20-24-21-29(36)33(46)30(37)22-24)23-32(45)41-11-9-28(10-12-41)44-15-6-25-4-2-3-5-31(25)39-35(44)48/h2-5,21-22,26-28,38,46H,6-20,23H2,1H3,(H,39,48)/t26-/m0/s1. The third kappa shape index (κ3) is 8.90. The van der Waals surface area contributed by atoms with Crippen molar-refractivity contribution in [3.63, 3.8) is 0 Å². The minimum atomic E-state index is -3.44. The molecule has 4 aliphatic rings. The Balaban J connectivity index is 1.07. The first-order chi connectivity index (χ1) is 24.4. The number of rotatable bonds is 9. The van der Waals surface area contributed by atoms with Gasteiger partial charge in [-0.05, 0) is 99.7 Å². The minimum absolute atomic E-state index is 0.0319. The Morgan fingerprint density at radius 2 is 1.51 bits per heavy atom. The second-order valence-electron chi connectivity index (χ2n) is 13.9. The number of para-hydroxylation sites is 1. The van der Waals surface area contributed by atoms with Crippen LogP contribution in [0, 0.1) is 5.92 Å². The fourth-order valence-electron chi connectivity index (χ4n) is 7.92. The molecule has 13 nitrogen and oxygen atoms in total. The fourth-order valence-corrected chi connectivity index (χ4v) is 10.1. The highest BCUT2D eigenvalue weighted by molar-refractivity contribution is 9.11. The molecule has 0 spiro atoms. The van der Waals surface area contributed by atoms with Gasteiger partial charge in [0.1, 0.15) is 5.75 Å².